The van der Waals surface area contributed by atoms with Crippen molar-refractivity contribution in [2.75, 3.05) is 0 Å². The van der Waals surface area contributed by atoms with Crippen LogP contribution >= 0.6 is 0 Å². The molecule has 0 spiro atoms. The molecular formula is C18H19NO. The van der Waals surface area contributed by atoms with Gasteiger partial charge in [-0.2, -0.15) is 0 Å². The van der Waals surface area contributed by atoms with Crippen LogP contribution in [0.3, 0.4) is 0 Å². The van der Waals surface area contributed by atoms with Crippen LogP contribution in [0.2, 0.25) is 0 Å². The molecule has 0 atom stereocenters. The molecule has 0 saturated carbocycles. The molecule has 20 heavy (non-hydrogen) atoms. The summed E-state index contributed by atoms with van der Waals surface area (Å²) >= 11 is 0. The van der Waals surface area contributed by atoms with Crippen molar-refractivity contribution < 1.29 is 4.42 Å². The number of hydrogen-bond acceptors (Lipinski definition) is 2. The first-order valence-corrected chi connectivity index (χ1v) is 7.02. The highest BCUT2D eigenvalue weighted by Crippen LogP contribution is 2.29. The number of benzene rings is 2. The molecule has 1 heterocycles. The molecule has 0 aliphatic rings. The maximum Gasteiger partial charge on any atom is 0.227 e. The number of nitrogens with zero attached hydrogens (tertiary/aromatic N) is 1. The van der Waals surface area contributed by atoms with Crippen molar-refractivity contribution in [1.29, 1.82) is 0 Å². The lowest BCUT2D eigenvalue weighted by Crippen LogP contribution is -1.86. The molecule has 2 nitrogen and oxygen atoms in total. The van der Waals surface area contributed by atoms with Gasteiger partial charge in [-0.05, 0) is 49.1 Å². The summed E-state index contributed by atoms with van der Waals surface area (Å²) in [7, 11) is 0. The van der Waals surface area contributed by atoms with Gasteiger partial charge in [0.2, 0.25) is 5.89 Å². The summed E-state index contributed by atoms with van der Waals surface area (Å²) in [5.41, 5.74) is 6.59. The Kier molecular flexibility index (Phi) is 3.09. The Morgan fingerprint density at radius 2 is 1.80 bits per heavy atom. The SMILES string of the molecule is Cc1ccc(-c2nc3cc(C(C)C)ccc3o2)c(C)c1. The Morgan fingerprint density at radius 1 is 1.00 bits per heavy atom. The van der Waals surface area contributed by atoms with Gasteiger partial charge >= 0.3 is 0 Å². The molecule has 3 aromatic rings. The maximum atomic E-state index is 5.90. The van der Waals surface area contributed by atoms with E-state index in [-0.39, 0.29) is 0 Å². The van der Waals surface area contributed by atoms with Gasteiger partial charge < -0.3 is 4.42 Å². The molecule has 0 unspecified atom stereocenters. The minimum atomic E-state index is 0.501. The number of aromatic nitrogens is 1. The van der Waals surface area contributed by atoms with Crippen LogP contribution in [0.15, 0.2) is 40.8 Å². The van der Waals surface area contributed by atoms with Gasteiger partial charge in [0.25, 0.3) is 0 Å². The summed E-state index contributed by atoms with van der Waals surface area (Å²) < 4.78 is 5.90. The minimum absolute atomic E-state index is 0.501. The first-order chi connectivity index (χ1) is 9.54. The molecule has 2 aromatic carbocycles. The van der Waals surface area contributed by atoms with Crippen LogP contribution in [-0.4, -0.2) is 4.98 Å². The van der Waals surface area contributed by atoms with Crippen molar-refractivity contribution in [3.8, 4) is 11.5 Å². The van der Waals surface area contributed by atoms with E-state index < -0.39 is 0 Å². The van der Waals surface area contributed by atoms with E-state index in [1.165, 1.54) is 16.7 Å². The molecule has 0 aliphatic heterocycles. The zero-order valence-electron chi connectivity index (χ0n) is 12.4. The molecule has 102 valence electrons. The smallest absolute Gasteiger partial charge is 0.227 e. The Hall–Kier alpha value is -2.09. The topological polar surface area (TPSA) is 26.0 Å². The predicted molar refractivity (Wildman–Crippen MR) is 83.0 cm³/mol. The molecule has 0 aliphatic carbocycles. The molecule has 0 amide bonds. The van der Waals surface area contributed by atoms with E-state index in [2.05, 4.69) is 63.0 Å². The van der Waals surface area contributed by atoms with Crippen LogP contribution in [0.4, 0.5) is 0 Å². The third-order valence-corrected chi connectivity index (χ3v) is 3.69. The van der Waals surface area contributed by atoms with Gasteiger partial charge in [-0.15, -0.1) is 0 Å². The molecular weight excluding hydrogens is 246 g/mol. The van der Waals surface area contributed by atoms with E-state index in [0.717, 1.165) is 16.7 Å². The first-order valence-electron chi connectivity index (χ1n) is 7.02. The fourth-order valence-corrected chi connectivity index (χ4v) is 2.47. The van der Waals surface area contributed by atoms with Crippen LogP contribution < -0.4 is 0 Å². The van der Waals surface area contributed by atoms with Crippen molar-refractivity contribution in [2.24, 2.45) is 0 Å². The van der Waals surface area contributed by atoms with Crippen molar-refractivity contribution in [3.05, 3.63) is 53.1 Å². The van der Waals surface area contributed by atoms with Crippen molar-refractivity contribution >= 4 is 11.1 Å². The first kappa shape index (κ1) is 12.9. The molecule has 0 N–H and O–H groups in total. The van der Waals surface area contributed by atoms with E-state index >= 15 is 0 Å². The van der Waals surface area contributed by atoms with Gasteiger partial charge in [0, 0.05) is 5.56 Å². The maximum absolute atomic E-state index is 5.90. The van der Waals surface area contributed by atoms with Crippen LogP contribution in [0.5, 0.6) is 0 Å². The summed E-state index contributed by atoms with van der Waals surface area (Å²) in [5.74, 6) is 1.21. The molecule has 0 radical (unpaired) electrons. The van der Waals surface area contributed by atoms with Crippen LogP contribution in [0.25, 0.3) is 22.6 Å². The molecule has 3 rings (SSSR count). The quantitative estimate of drug-likeness (QED) is 0.633. The lowest BCUT2D eigenvalue weighted by atomic mass is 10.0. The second kappa shape index (κ2) is 4.78. The third-order valence-electron chi connectivity index (χ3n) is 3.69. The van der Waals surface area contributed by atoms with Crippen LogP contribution in [-0.2, 0) is 0 Å². The van der Waals surface area contributed by atoms with E-state index in [0.29, 0.717) is 11.8 Å². The summed E-state index contributed by atoms with van der Waals surface area (Å²) in [6.07, 6.45) is 0. The molecule has 2 heteroatoms. The zero-order valence-corrected chi connectivity index (χ0v) is 12.4. The Labute approximate surface area is 119 Å². The Bertz CT molecular complexity index is 768. The van der Waals surface area contributed by atoms with Gasteiger partial charge in [0.05, 0.1) is 0 Å². The Balaban J connectivity index is 2.13. The number of fused-ring (bicyclic) bond motifs is 1. The summed E-state index contributed by atoms with van der Waals surface area (Å²) in [4.78, 5) is 4.65. The molecule has 1 aromatic heterocycles. The fraction of sp³-hybridized carbons (Fsp3) is 0.278. The molecule has 0 bridgehead atoms. The van der Waals surface area contributed by atoms with E-state index in [1.54, 1.807) is 0 Å². The average Bonchev–Trinajstić information content (AvgIpc) is 2.80. The lowest BCUT2D eigenvalue weighted by Gasteiger charge is -2.02. The van der Waals surface area contributed by atoms with Gasteiger partial charge in [-0.25, -0.2) is 4.98 Å². The summed E-state index contributed by atoms with van der Waals surface area (Å²) in [6.45, 7) is 8.56. The standard InChI is InChI=1S/C18H19NO/c1-11(2)14-6-8-17-16(10-14)19-18(20-17)15-7-5-12(3)9-13(15)4/h5-11H,1-4H3. The predicted octanol–water partition coefficient (Wildman–Crippen LogP) is 5.24. The normalized spacial score (nSPS) is 11.4. The number of oxazole rings is 1. The monoisotopic (exact) mass is 265 g/mol. The van der Waals surface area contributed by atoms with Crippen molar-refractivity contribution in [1.82, 2.24) is 4.98 Å². The summed E-state index contributed by atoms with van der Waals surface area (Å²) in [6, 6.07) is 12.6. The highest BCUT2D eigenvalue weighted by Gasteiger charge is 2.11. The largest absolute Gasteiger partial charge is 0.436 e. The van der Waals surface area contributed by atoms with Crippen LogP contribution in [0.1, 0.15) is 36.5 Å². The van der Waals surface area contributed by atoms with Gasteiger partial charge in [0.1, 0.15) is 5.52 Å². The molecule has 0 saturated heterocycles. The van der Waals surface area contributed by atoms with Gasteiger partial charge in [-0.3, -0.25) is 0 Å². The number of hydrogen-bond donors (Lipinski definition) is 0. The lowest BCUT2D eigenvalue weighted by molar-refractivity contribution is 0.619. The minimum Gasteiger partial charge on any atom is -0.436 e. The highest BCUT2D eigenvalue weighted by atomic mass is 16.3. The fourth-order valence-electron chi connectivity index (χ4n) is 2.47. The van der Waals surface area contributed by atoms with E-state index in [1.807, 2.05) is 6.07 Å². The van der Waals surface area contributed by atoms with Crippen molar-refractivity contribution in [2.45, 2.75) is 33.6 Å². The van der Waals surface area contributed by atoms with Crippen molar-refractivity contribution in [3.63, 3.8) is 0 Å². The second-order valence-electron chi connectivity index (χ2n) is 5.72. The number of rotatable bonds is 2. The third kappa shape index (κ3) is 2.22. The Morgan fingerprint density at radius 3 is 2.50 bits per heavy atom. The second-order valence-corrected chi connectivity index (χ2v) is 5.72. The van der Waals surface area contributed by atoms with E-state index in [4.69, 9.17) is 4.42 Å². The van der Waals surface area contributed by atoms with Gasteiger partial charge in [0.15, 0.2) is 5.58 Å². The molecule has 0 fully saturated rings. The highest BCUT2D eigenvalue weighted by molar-refractivity contribution is 5.77. The van der Waals surface area contributed by atoms with E-state index in [9.17, 15) is 0 Å². The average molecular weight is 265 g/mol. The van der Waals surface area contributed by atoms with Gasteiger partial charge in [-0.1, -0.05) is 37.6 Å². The van der Waals surface area contributed by atoms with Crippen LogP contribution in [0, 0.1) is 13.8 Å². The number of aryl methyl sites for hydroxylation is 2. The zero-order chi connectivity index (χ0) is 14.3. The summed E-state index contributed by atoms with van der Waals surface area (Å²) in [5, 5.41) is 0.